The number of non-ortho nitro benzene ring substituents is 1. The molecule has 1 atom stereocenters. The predicted molar refractivity (Wildman–Crippen MR) is 105 cm³/mol. The number of fused-ring (bicyclic) bond motifs is 1. The van der Waals surface area contributed by atoms with Crippen LogP contribution in [0.5, 0.6) is 0 Å². The van der Waals surface area contributed by atoms with Crippen LogP contribution in [0.1, 0.15) is 29.7 Å². The zero-order valence-corrected chi connectivity index (χ0v) is 15.8. The van der Waals surface area contributed by atoms with Crippen molar-refractivity contribution in [2.75, 3.05) is 0 Å². The van der Waals surface area contributed by atoms with Crippen LogP contribution in [0.4, 0.5) is 5.69 Å². The minimum absolute atomic E-state index is 0.103. The first-order valence-corrected chi connectivity index (χ1v) is 8.76. The van der Waals surface area contributed by atoms with Crippen molar-refractivity contribution in [1.29, 1.82) is 0 Å². The Kier molecular flexibility index (Phi) is 5.21. The molecule has 3 rings (SSSR count). The van der Waals surface area contributed by atoms with Crippen molar-refractivity contribution in [2.24, 2.45) is 0 Å². The van der Waals surface area contributed by atoms with Gasteiger partial charge in [-0.3, -0.25) is 24.3 Å². The summed E-state index contributed by atoms with van der Waals surface area (Å²) < 4.78 is 1.15. The number of benzene rings is 2. The van der Waals surface area contributed by atoms with Crippen LogP contribution in [-0.2, 0) is 11.3 Å². The van der Waals surface area contributed by atoms with E-state index < -0.39 is 10.5 Å². The highest BCUT2D eigenvalue weighted by Crippen LogP contribution is 2.17. The Morgan fingerprint density at radius 1 is 1.21 bits per heavy atom. The topological polar surface area (TPSA) is 107 Å². The molecule has 28 heavy (non-hydrogen) atoms. The van der Waals surface area contributed by atoms with Crippen LogP contribution < -0.4 is 10.9 Å². The third-order valence-electron chi connectivity index (χ3n) is 4.74. The van der Waals surface area contributed by atoms with Crippen LogP contribution in [0, 0.1) is 24.0 Å². The molecule has 0 aliphatic rings. The van der Waals surface area contributed by atoms with Crippen molar-refractivity contribution in [3.63, 3.8) is 0 Å². The molecule has 0 radical (unpaired) electrons. The predicted octanol–water partition coefficient (Wildman–Crippen LogP) is 2.80. The van der Waals surface area contributed by atoms with Crippen LogP contribution in [-0.4, -0.2) is 20.4 Å². The van der Waals surface area contributed by atoms with Crippen molar-refractivity contribution in [3.8, 4) is 0 Å². The number of nitro benzene ring substituents is 1. The summed E-state index contributed by atoms with van der Waals surface area (Å²) in [5.41, 5.74) is 2.92. The maximum absolute atomic E-state index is 12.6. The SMILES string of the molecule is Cc1ccc(C(C)NC(=O)Cn2cnc3ccc([N+](=O)[O-])cc3c2=O)cc1C. The molecular formula is C20H20N4O4. The van der Waals surface area contributed by atoms with Gasteiger partial charge < -0.3 is 5.32 Å². The molecule has 1 aromatic heterocycles. The molecule has 144 valence electrons. The average Bonchev–Trinajstić information content (AvgIpc) is 2.65. The molecule has 0 saturated carbocycles. The summed E-state index contributed by atoms with van der Waals surface area (Å²) in [5.74, 6) is -0.348. The summed E-state index contributed by atoms with van der Waals surface area (Å²) in [5, 5.41) is 13.9. The van der Waals surface area contributed by atoms with Crippen LogP contribution >= 0.6 is 0 Å². The van der Waals surface area contributed by atoms with E-state index in [0.717, 1.165) is 15.7 Å². The van der Waals surface area contributed by atoms with Gasteiger partial charge >= 0.3 is 0 Å². The van der Waals surface area contributed by atoms with Gasteiger partial charge in [-0.05, 0) is 43.5 Å². The average molecular weight is 380 g/mol. The Morgan fingerprint density at radius 3 is 2.64 bits per heavy atom. The Labute approximate surface area is 161 Å². The van der Waals surface area contributed by atoms with Crippen molar-refractivity contribution in [3.05, 3.63) is 79.9 Å². The summed E-state index contributed by atoms with van der Waals surface area (Å²) in [4.78, 5) is 39.5. The van der Waals surface area contributed by atoms with Crippen molar-refractivity contribution in [1.82, 2.24) is 14.9 Å². The van der Waals surface area contributed by atoms with E-state index in [9.17, 15) is 19.7 Å². The van der Waals surface area contributed by atoms with Gasteiger partial charge in [-0.2, -0.15) is 0 Å². The van der Waals surface area contributed by atoms with Crippen molar-refractivity contribution in [2.45, 2.75) is 33.4 Å². The lowest BCUT2D eigenvalue weighted by Gasteiger charge is -2.16. The number of nitro groups is 1. The lowest BCUT2D eigenvalue weighted by atomic mass is 10.0. The Balaban J connectivity index is 1.80. The zero-order valence-electron chi connectivity index (χ0n) is 15.8. The van der Waals surface area contributed by atoms with E-state index in [0.29, 0.717) is 5.52 Å². The summed E-state index contributed by atoms with van der Waals surface area (Å²) in [7, 11) is 0. The van der Waals surface area contributed by atoms with Crippen molar-refractivity contribution < 1.29 is 9.72 Å². The minimum atomic E-state index is -0.575. The number of hydrogen-bond acceptors (Lipinski definition) is 5. The molecule has 0 bridgehead atoms. The number of aromatic nitrogens is 2. The van der Waals surface area contributed by atoms with Gasteiger partial charge in [-0.1, -0.05) is 18.2 Å². The van der Waals surface area contributed by atoms with Crippen LogP contribution in [0.15, 0.2) is 47.5 Å². The number of carbonyl (C=O) groups is 1. The fourth-order valence-corrected chi connectivity index (χ4v) is 2.93. The molecule has 0 spiro atoms. The fraction of sp³-hybridized carbons (Fsp3) is 0.250. The Bertz CT molecular complexity index is 1140. The standard InChI is InChI=1S/C20H20N4O4/c1-12-4-5-15(8-13(12)2)14(3)22-19(25)10-23-11-21-18-7-6-16(24(27)28)9-17(18)20(23)26/h4-9,11,14H,10H2,1-3H3,(H,22,25). The molecule has 2 aromatic carbocycles. The van der Waals surface area contributed by atoms with Gasteiger partial charge in [0.15, 0.2) is 0 Å². The number of rotatable bonds is 5. The molecule has 0 saturated heterocycles. The molecular weight excluding hydrogens is 360 g/mol. The van der Waals surface area contributed by atoms with Crippen LogP contribution in [0.3, 0.4) is 0 Å². The molecule has 1 amide bonds. The Hall–Kier alpha value is -3.55. The second-order valence-electron chi connectivity index (χ2n) is 6.77. The van der Waals surface area contributed by atoms with Crippen LogP contribution in [0.2, 0.25) is 0 Å². The molecule has 0 aliphatic heterocycles. The molecule has 0 aliphatic carbocycles. The van der Waals surface area contributed by atoms with E-state index in [1.54, 1.807) is 0 Å². The molecule has 0 fully saturated rings. The smallest absolute Gasteiger partial charge is 0.270 e. The van der Waals surface area contributed by atoms with E-state index in [1.165, 1.54) is 30.1 Å². The largest absolute Gasteiger partial charge is 0.348 e. The summed E-state index contributed by atoms with van der Waals surface area (Å²) in [6, 6.07) is 9.63. The van der Waals surface area contributed by atoms with Gasteiger partial charge in [0.05, 0.1) is 28.2 Å². The summed E-state index contributed by atoms with van der Waals surface area (Å²) >= 11 is 0. The monoisotopic (exact) mass is 380 g/mol. The minimum Gasteiger partial charge on any atom is -0.348 e. The third kappa shape index (κ3) is 3.90. The van der Waals surface area contributed by atoms with E-state index in [4.69, 9.17) is 0 Å². The number of carbonyl (C=O) groups excluding carboxylic acids is 1. The van der Waals surface area contributed by atoms with Gasteiger partial charge in [-0.25, -0.2) is 4.98 Å². The van der Waals surface area contributed by atoms with Crippen LogP contribution in [0.25, 0.3) is 10.9 Å². The van der Waals surface area contributed by atoms with Gasteiger partial charge in [0.25, 0.3) is 11.2 Å². The van der Waals surface area contributed by atoms with E-state index in [2.05, 4.69) is 10.3 Å². The van der Waals surface area contributed by atoms with Gasteiger partial charge in [0.2, 0.25) is 5.91 Å². The summed E-state index contributed by atoms with van der Waals surface area (Å²) in [6.07, 6.45) is 1.27. The number of hydrogen-bond donors (Lipinski definition) is 1. The second kappa shape index (κ2) is 7.59. The first-order valence-electron chi connectivity index (χ1n) is 8.76. The lowest BCUT2D eigenvalue weighted by molar-refractivity contribution is -0.384. The number of nitrogens with one attached hydrogen (secondary N) is 1. The maximum atomic E-state index is 12.6. The van der Waals surface area contributed by atoms with Gasteiger partial charge in [0.1, 0.15) is 6.54 Å². The molecule has 1 unspecified atom stereocenters. The second-order valence-corrected chi connectivity index (χ2v) is 6.77. The number of nitrogens with zero attached hydrogens (tertiary/aromatic N) is 3. The van der Waals surface area contributed by atoms with Gasteiger partial charge in [-0.15, -0.1) is 0 Å². The lowest BCUT2D eigenvalue weighted by Crippen LogP contribution is -2.34. The number of aryl methyl sites for hydroxylation is 2. The zero-order chi connectivity index (χ0) is 20.4. The molecule has 8 heteroatoms. The maximum Gasteiger partial charge on any atom is 0.270 e. The highest BCUT2D eigenvalue weighted by Gasteiger charge is 2.14. The first kappa shape index (κ1) is 19.2. The molecule has 1 heterocycles. The van der Waals surface area contributed by atoms with E-state index in [-0.39, 0.29) is 29.6 Å². The molecule has 8 nitrogen and oxygen atoms in total. The highest BCUT2D eigenvalue weighted by atomic mass is 16.6. The van der Waals surface area contributed by atoms with Crippen molar-refractivity contribution >= 4 is 22.5 Å². The van der Waals surface area contributed by atoms with E-state index in [1.807, 2.05) is 39.0 Å². The highest BCUT2D eigenvalue weighted by molar-refractivity contribution is 5.81. The fourth-order valence-electron chi connectivity index (χ4n) is 2.93. The first-order chi connectivity index (χ1) is 13.3. The Morgan fingerprint density at radius 2 is 1.96 bits per heavy atom. The number of amides is 1. The molecule has 1 N–H and O–H groups in total. The quantitative estimate of drug-likeness (QED) is 0.541. The third-order valence-corrected chi connectivity index (χ3v) is 4.74. The van der Waals surface area contributed by atoms with E-state index >= 15 is 0 Å². The van der Waals surface area contributed by atoms with Gasteiger partial charge in [0, 0.05) is 12.1 Å². The summed E-state index contributed by atoms with van der Waals surface area (Å²) in [6.45, 7) is 5.67. The normalized spacial score (nSPS) is 12.0. The molecule has 3 aromatic rings.